The Balaban J connectivity index is 1.91. The molecule has 1 fully saturated rings. The van der Waals surface area contributed by atoms with E-state index in [9.17, 15) is 4.79 Å². The SMILES string of the molecule is CC(C)(C)c1noc(CNC(=O)[C@@]2(C)CCCCO2)n1. The van der Waals surface area contributed by atoms with Crippen LogP contribution < -0.4 is 5.32 Å². The van der Waals surface area contributed by atoms with Crippen molar-refractivity contribution in [2.75, 3.05) is 6.61 Å². The number of ether oxygens (including phenoxy) is 1. The summed E-state index contributed by atoms with van der Waals surface area (Å²) in [5.74, 6) is 0.942. The number of amides is 1. The van der Waals surface area contributed by atoms with E-state index < -0.39 is 5.60 Å². The molecular formula is C14H23N3O3. The number of hydrogen-bond donors (Lipinski definition) is 1. The van der Waals surface area contributed by atoms with E-state index in [-0.39, 0.29) is 17.9 Å². The van der Waals surface area contributed by atoms with Crippen LogP contribution in [0.4, 0.5) is 0 Å². The molecule has 1 amide bonds. The first-order valence-electron chi connectivity index (χ1n) is 7.07. The van der Waals surface area contributed by atoms with E-state index in [0.29, 0.717) is 18.3 Å². The van der Waals surface area contributed by atoms with Crippen LogP contribution in [0.15, 0.2) is 4.52 Å². The van der Waals surface area contributed by atoms with E-state index in [1.54, 1.807) is 0 Å². The van der Waals surface area contributed by atoms with Gasteiger partial charge in [0.25, 0.3) is 5.91 Å². The third-order valence-electron chi connectivity index (χ3n) is 3.49. The molecule has 1 atom stereocenters. The van der Waals surface area contributed by atoms with Crippen molar-refractivity contribution in [1.82, 2.24) is 15.5 Å². The van der Waals surface area contributed by atoms with E-state index in [0.717, 1.165) is 19.3 Å². The summed E-state index contributed by atoms with van der Waals surface area (Å²) in [5.41, 5.74) is -0.894. The lowest BCUT2D eigenvalue weighted by Crippen LogP contribution is -2.48. The van der Waals surface area contributed by atoms with Crippen LogP contribution in [0.25, 0.3) is 0 Å². The predicted octanol–water partition coefficient (Wildman–Crippen LogP) is 1.94. The molecule has 1 N–H and O–H groups in total. The Hall–Kier alpha value is -1.43. The van der Waals surface area contributed by atoms with Crippen molar-refractivity contribution >= 4 is 5.91 Å². The van der Waals surface area contributed by atoms with Crippen molar-refractivity contribution in [3.8, 4) is 0 Å². The van der Waals surface area contributed by atoms with E-state index >= 15 is 0 Å². The highest BCUT2D eigenvalue weighted by Gasteiger charge is 2.36. The van der Waals surface area contributed by atoms with Gasteiger partial charge in [0.2, 0.25) is 5.89 Å². The molecular weight excluding hydrogens is 258 g/mol. The average molecular weight is 281 g/mol. The van der Waals surface area contributed by atoms with Crippen LogP contribution in [-0.2, 0) is 21.5 Å². The number of nitrogens with zero attached hydrogens (tertiary/aromatic N) is 2. The Kier molecular flexibility index (Phi) is 4.13. The topological polar surface area (TPSA) is 77.2 Å². The van der Waals surface area contributed by atoms with Crippen LogP contribution in [0, 0.1) is 0 Å². The molecule has 0 unspecified atom stereocenters. The lowest BCUT2D eigenvalue weighted by Gasteiger charge is -2.32. The van der Waals surface area contributed by atoms with Crippen LogP contribution in [0.1, 0.15) is 58.7 Å². The molecule has 1 saturated heterocycles. The van der Waals surface area contributed by atoms with Gasteiger partial charge in [-0.3, -0.25) is 4.79 Å². The Morgan fingerprint density at radius 2 is 2.15 bits per heavy atom. The molecule has 0 saturated carbocycles. The van der Waals surface area contributed by atoms with Gasteiger partial charge in [0.15, 0.2) is 5.82 Å². The molecule has 0 radical (unpaired) electrons. The zero-order valence-electron chi connectivity index (χ0n) is 12.7. The van der Waals surface area contributed by atoms with Crippen LogP contribution in [-0.4, -0.2) is 28.3 Å². The first kappa shape index (κ1) is 15.0. The normalized spacial score (nSPS) is 23.6. The number of hydrogen-bond acceptors (Lipinski definition) is 5. The highest BCUT2D eigenvalue weighted by atomic mass is 16.5. The average Bonchev–Trinajstić information content (AvgIpc) is 2.85. The molecule has 0 aromatic carbocycles. The fourth-order valence-electron chi connectivity index (χ4n) is 2.09. The van der Waals surface area contributed by atoms with Crippen molar-refractivity contribution in [1.29, 1.82) is 0 Å². The van der Waals surface area contributed by atoms with E-state index in [2.05, 4.69) is 15.5 Å². The molecule has 0 spiro atoms. The Labute approximate surface area is 119 Å². The minimum absolute atomic E-state index is 0.118. The van der Waals surface area contributed by atoms with E-state index in [1.165, 1.54) is 0 Å². The molecule has 1 aromatic rings. The third-order valence-corrected chi connectivity index (χ3v) is 3.49. The van der Waals surface area contributed by atoms with Gasteiger partial charge in [-0.25, -0.2) is 0 Å². The van der Waals surface area contributed by atoms with Gasteiger partial charge >= 0.3 is 0 Å². The number of rotatable bonds is 3. The summed E-state index contributed by atoms with van der Waals surface area (Å²) < 4.78 is 10.7. The monoisotopic (exact) mass is 281 g/mol. The van der Waals surface area contributed by atoms with Crippen molar-refractivity contribution in [3.05, 3.63) is 11.7 Å². The highest BCUT2D eigenvalue weighted by Crippen LogP contribution is 2.24. The molecule has 0 bridgehead atoms. The molecule has 1 aliphatic heterocycles. The van der Waals surface area contributed by atoms with Crippen molar-refractivity contribution in [2.24, 2.45) is 0 Å². The van der Waals surface area contributed by atoms with E-state index in [4.69, 9.17) is 9.26 Å². The molecule has 20 heavy (non-hydrogen) atoms. The van der Waals surface area contributed by atoms with Crippen LogP contribution in [0.3, 0.4) is 0 Å². The van der Waals surface area contributed by atoms with Crippen molar-refractivity contribution in [3.63, 3.8) is 0 Å². The van der Waals surface area contributed by atoms with Gasteiger partial charge in [0, 0.05) is 12.0 Å². The molecule has 6 heteroatoms. The van der Waals surface area contributed by atoms with Gasteiger partial charge in [-0.1, -0.05) is 25.9 Å². The molecule has 112 valence electrons. The second-order valence-electron chi connectivity index (χ2n) is 6.48. The van der Waals surface area contributed by atoms with Crippen LogP contribution in [0.2, 0.25) is 0 Å². The third kappa shape index (κ3) is 3.36. The number of carbonyl (C=O) groups excluding carboxylic acids is 1. The first-order valence-corrected chi connectivity index (χ1v) is 7.07. The van der Waals surface area contributed by atoms with Crippen LogP contribution >= 0.6 is 0 Å². The van der Waals surface area contributed by atoms with Gasteiger partial charge in [0.1, 0.15) is 5.60 Å². The summed E-state index contributed by atoms with van der Waals surface area (Å²) in [5, 5.41) is 6.74. The standard InChI is InChI=1S/C14H23N3O3/c1-13(2,3)11-16-10(20-17-11)9-15-12(18)14(4)7-5-6-8-19-14/h5-9H2,1-4H3,(H,15,18)/t14-/m1/s1. The zero-order valence-corrected chi connectivity index (χ0v) is 12.7. The zero-order chi connectivity index (χ0) is 14.8. The quantitative estimate of drug-likeness (QED) is 0.916. The molecule has 6 nitrogen and oxygen atoms in total. The lowest BCUT2D eigenvalue weighted by atomic mass is 9.95. The van der Waals surface area contributed by atoms with Gasteiger partial charge in [-0.2, -0.15) is 4.98 Å². The minimum atomic E-state index is -0.731. The summed E-state index contributed by atoms with van der Waals surface area (Å²) >= 11 is 0. The molecule has 1 aromatic heterocycles. The van der Waals surface area contributed by atoms with Gasteiger partial charge in [-0.15, -0.1) is 0 Å². The van der Waals surface area contributed by atoms with Gasteiger partial charge < -0.3 is 14.6 Å². The second-order valence-corrected chi connectivity index (χ2v) is 6.48. The van der Waals surface area contributed by atoms with Gasteiger partial charge in [-0.05, 0) is 26.2 Å². The summed E-state index contributed by atoms with van der Waals surface area (Å²) in [6.45, 7) is 8.74. The summed E-state index contributed by atoms with van der Waals surface area (Å²) in [6, 6.07) is 0. The van der Waals surface area contributed by atoms with Crippen LogP contribution in [0.5, 0.6) is 0 Å². The summed E-state index contributed by atoms with van der Waals surface area (Å²) in [7, 11) is 0. The largest absolute Gasteiger partial charge is 0.365 e. The molecule has 1 aliphatic rings. The van der Waals surface area contributed by atoms with E-state index in [1.807, 2.05) is 27.7 Å². The molecule has 0 aliphatic carbocycles. The molecule has 2 heterocycles. The number of aromatic nitrogens is 2. The highest BCUT2D eigenvalue weighted by molar-refractivity contribution is 5.84. The predicted molar refractivity (Wildman–Crippen MR) is 73.1 cm³/mol. The minimum Gasteiger partial charge on any atom is -0.365 e. The number of carbonyl (C=O) groups is 1. The summed E-state index contributed by atoms with van der Waals surface area (Å²) in [4.78, 5) is 16.5. The van der Waals surface area contributed by atoms with Gasteiger partial charge in [0.05, 0.1) is 6.54 Å². The number of nitrogens with one attached hydrogen (secondary N) is 1. The Morgan fingerprint density at radius 3 is 2.70 bits per heavy atom. The fourth-order valence-corrected chi connectivity index (χ4v) is 2.09. The summed E-state index contributed by atoms with van der Waals surface area (Å²) in [6.07, 6.45) is 2.77. The maximum Gasteiger partial charge on any atom is 0.252 e. The second kappa shape index (κ2) is 5.52. The van der Waals surface area contributed by atoms with Crippen molar-refractivity contribution in [2.45, 2.75) is 64.5 Å². The fraction of sp³-hybridized carbons (Fsp3) is 0.786. The first-order chi connectivity index (χ1) is 9.31. The maximum absolute atomic E-state index is 12.2. The maximum atomic E-state index is 12.2. The van der Waals surface area contributed by atoms with Crippen molar-refractivity contribution < 1.29 is 14.1 Å². The smallest absolute Gasteiger partial charge is 0.252 e. The molecule has 2 rings (SSSR count). The Morgan fingerprint density at radius 1 is 1.40 bits per heavy atom. The lowest BCUT2D eigenvalue weighted by molar-refractivity contribution is -0.150. The Bertz CT molecular complexity index is 470.